The van der Waals surface area contributed by atoms with Crippen molar-refractivity contribution in [3.63, 3.8) is 0 Å². The van der Waals surface area contributed by atoms with Crippen molar-refractivity contribution in [1.29, 1.82) is 0 Å². The monoisotopic (exact) mass is 325 g/mol. The highest BCUT2D eigenvalue weighted by atomic mass is 16.5. The van der Waals surface area contributed by atoms with Gasteiger partial charge in [0.2, 0.25) is 0 Å². The largest absolute Gasteiger partial charge is 0.497 e. The van der Waals surface area contributed by atoms with E-state index in [0.717, 1.165) is 33.7 Å². The van der Waals surface area contributed by atoms with Crippen LogP contribution in [0.25, 0.3) is 22.4 Å². The van der Waals surface area contributed by atoms with Crippen LogP contribution in [0.2, 0.25) is 0 Å². The first-order valence-corrected chi connectivity index (χ1v) is 7.69. The predicted octanol–water partition coefficient (Wildman–Crippen LogP) is 4.12. The first kappa shape index (κ1) is 15.9. The summed E-state index contributed by atoms with van der Waals surface area (Å²) >= 11 is 0. The SMILES string of the molecule is CCOC(=O)Nc1ccc2nc(-c3ccc(OC)cc3C)[nH]c2c1. The molecular weight excluding hydrogens is 306 g/mol. The van der Waals surface area contributed by atoms with Gasteiger partial charge < -0.3 is 14.5 Å². The van der Waals surface area contributed by atoms with Crippen LogP contribution in [0.4, 0.5) is 10.5 Å². The molecule has 0 fully saturated rings. The number of anilines is 1. The van der Waals surface area contributed by atoms with E-state index in [-0.39, 0.29) is 0 Å². The molecule has 0 aliphatic rings. The molecule has 0 radical (unpaired) electrons. The van der Waals surface area contributed by atoms with Gasteiger partial charge in [-0.3, -0.25) is 5.32 Å². The molecule has 0 spiro atoms. The minimum atomic E-state index is -0.470. The first-order chi connectivity index (χ1) is 11.6. The summed E-state index contributed by atoms with van der Waals surface area (Å²) in [6.45, 7) is 4.11. The molecule has 124 valence electrons. The lowest BCUT2D eigenvalue weighted by Crippen LogP contribution is -2.13. The standard InChI is InChI=1S/C18H19N3O3/c1-4-24-18(22)19-12-5-8-15-16(10-12)21-17(20-15)14-7-6-13(23-3)9-11(14)2/h5-10H,4H2,1-3H3,(H,19,22)(H,20,21). The smallest absolute Gasteiger partial charge is 0.411 e. The lowest BCUT2D eigenvalue weighted by Gasteiger charge is -2.05. The number of carbonyl (C=O) groups excluding carboxylic acids is 1. The number of methoxy groups -OCH3 is 1. The second-order valence-electron chi connectivity index (χ2n) is 5.34. The Kier molecular flexibility index (Phi) is 4.37. The fraction of sp³-hybridized carbons (Fsp3) is 0.222. The van der Waals surface area contributed by atoms with Crippen LogP contribution in [0.15, 0.2) is 36.4 Å². The van der Waals surface area contributed by atoms with Gasteiger partial charge in [-0.1, -0.05) is 0 Å². The number of aromatic amines is 1. The fourth-order valence-electron chi connectivity index (χ4n) is 2.53. The highest BCUT2D eigenvalue weighted by Gasteiger charge is 2.10. The lowest BCUT2D eigenvalue weighted by molar-refractivity contribution is 0.168. The number of rotatable bonds is 4. The minimum Gasteiger partial charge on any atom is -0.497 e. The van der Waals surface area contributed by atoms with E-state index in [1.165, 1.54) is 0 Å². The van der Waals surface area contributed by atoms with E-state index in [1.807, 2.05) is 37.3 Å². The van der Waals surface area contributed by atoms with Gasteiger partial charge in [-0.05, 0) is 55.8 Å². The third-order valence-electron chi connectivity index (χ3n) is 3.69. The Bertz CT molecular complexity index is 886. The maximum Gasteiger partial charge on any atom is 0.411 e. The van der Waals surface area contributed by atoms with Crippen molar-refractivity contribution in [3.05, 3.63) is 42.0 Å². The minimum absolute atomic E-state index is 0.332. The summed E-state index contributed by atoms with van der Waals surface area (Å²) in [5.74, 6) is 1.59. The van der Waals surface area contributed by atoms with E-state index in [2.05, 4.69) is 15.3 Å². The summed E-state index contributed by atoms with van der Waals surface area (Å²) in [5, 5.41) is 2.68. The Hall–Kier alpha value is -3.02. The molecule has 24 heavy (non-hydrogen) atoms. The highest BCUT2D eigenvalue weighted by molar-refractivity contribution is 5.89. The number of H-pyrrole nitrogens is 1. The molecule has 2 N–H and O–H groups in total. The van der Waals surface area contributed by atoms with Crippen LogP contribution in [0.1, 0.15) is 12.5 Å². The average Bonchev–Trinajstić information content (AvgIpc) is 2.97. The number of hydrogen-bond donors (Lipinski definition) is 2. The maximum absolute atomic E-state index is 11.5. The van der Waals surface area contributed by atoms with Crippen molar-refractivity contribution in [3.8, 4) is 17.1 Å². The molecule has 0 aliphatic carbocycles. The van der Waals surface area contributed by atoms with Crippen LogP contribution in [0.3, 0.4) is 0 Å². The van der Waals surface area contributed by atoms with Gasteiger partial charge in [0.15, 0.2) is 0 Å². The van der Waals surface area contributed by atoms with E-state index < -0.39 is 6.09 Å². The van der Waals surface area contributed by atoms with Crippen molar-refractivity contribution in [2.24, 2.45) is 0 Å². The molecule has 1 amide bonds. The van der Waals surface area contributed by atoms with Gasteiger partial charge in [0.1, 0.15) is 11.6 Å². The number of carbonyl (C=O) groups is 1. The second-order valence-corrected chi connectivity index (χ2v) is 5.34. The summed E-state index contributed by atoms with van der Waals surface area (Å²) in [6, 6.07) is 11.3. The molecule has 6 nitrogen and oxygen atoms in total. The molecule has 0 aliphatic heterocycles. The number of ether oxygens (including phenoxy) is 2. The normalized spacial score (nSPS) is 10.6. The number of aryl methyl sites for hydroxylation is 1. The second kappa shape index (κ2) is 6.62. The molecule has 6 heteroatoms. The summed E-state index contributed by atoms with van der Waals surface area (Å²) in [4.78, 5) is 19.4. The molecule has 1 heterocycles. The first-order valence-electron chi connectivity index (χ1n) is 7.69. The summed E-state index contributed by atoms with van der Waals surface area (Å²) in [5.41, 5.74) is 4.40. The van der Waals surface area contributed by atoms with E-state index in [9.17, 15) is 4.79 Å². The molecule has 0 saturated carbocycles. The molecule has 3 aromatic rings. The van der Waals surface area contributed by atoms with Crippen molar-refractivity contribution >= 4 is 22.8 Å². The molecule has 0 saturated heterocycles. The number of hydrogen-bond acceptors (Lipinski definition) is 4. The van der Waals surface area contributed by atoms with Gasteiger partial charge in [-0.2, -0.15) is 0 Å². The van der Waals surface area contributed by atoms with E-state index in [4.69, 9.17) is 9.47 Å². The summed E-state index contributed by atoms with van der Waals surface area (Å²) in [6.07, 6.45) is -0.470. The van der Waals surface area contributed by atoms with Gasteiger partial charge in [0.25, 0.3) is 0 Å². The van der Waals surface area contributed by atoms with Gasteiger partial charge in [0.05, 0.1) is 24.8 Å². The number of benzene rings is 2. The highest BCUT2D eigenvalue weighted by Crippen LogP contribution is 2.27. The Morgan fingerprint density at radius 3 is 2.79 bits per heavy atom. The van der Waals surface area contributed by atoms with Crippen molar-refractivity contribution in [1.82, 2.24) is 9.97 Å². The molecule has 2 aromatic carbocycles. The maximum atomic E-state index is 11.5. The zero-order chi connectivity index (χ0) is 17.1. The van der Waals surface area contributed by atoms with E-state index in [1.54, 1.807) is 20.1 Å². The molecule has 0 unspecified atom stereocenters. The number of fused-ring (bicyclic) bond motifs is 1. The van der Waals surface area contributed by atoms with Crippen molar-refractivity contribution < 1.29 is 14.3 Å². The Labute approximate surface area is 139 Å². The van der Waals surface area contributed by atoms with E-state index >= 15 is 0 Å². The topological polar surface area (TPSA) is 76.2 Å². The zero-order valence-corrected chi connectivity index (χ0v) is 13.8. The number of aromatic nitrogens is 2. The lowest BCUT2D eigenvalue weighted by atomic mass is 10.1. The average molecular weight is 325 g/mol. The van der Waals surface area contributed by atoms with Crippen LogP contribution in [0.5, 0.6) is 5.75 Å². The predicted molar refractivity (Wildman–Crippen MR) is 93.5 cm³/mol. The van der Waals surface area contributed by atoms with Crippen LogP contribution < -0.4 is 10.1 Å². The quantitative estimate of drug-likeness (QED) is 0.756. The molecule has 3 rings (SSSR count). The van der Waals surface area contributed by atoms with Gasteiger partial charge in [0, 0.05) is 11.3 Å². The Morgan fingerprint density at radius 1 is 1.25 bits per heavy atom. The van der Waals surface area contributed by atoms with Gasteiger partial charge >= 0.3 is 6.09 Å². The fourth-order valence-corrected chi connectivity index (χ4v) is 2.53. The van der Waals surface area contributed by atoms with Crippen LogP contribution in [-0.4, -0.2) is 29.8 Å². The number of imidazole rings is 1. The summed E-state index contributed by atoms with van der Waals surface area (Å²) < 4.78 is 10.1. The molecule has 1 aromatic heterocycles. The summed E-state index contributed by atoms with van der Waals surface area (Å²) in [7, 11) is 1.65. The Balaban J connectivity index is 1.92. The van der Waals surface area contributed by atoms with Crippen molar-refractivity contribution in [2.75, 3.05) is 19.0 Å². The molecular formula is C18H19N3O3. The van der Waals surface area contributed by atoms with Crippen LogP contribution >= 0.6 is 0 Å². The molecule has 0 atom stereocenters. The molecule has 0 bridgehead atoms. The number of amides is 1. The van der Waals surface area contributed by atoms with Gasteiger partial charge in [-0.25, -0.2) is 9.78 Å². The van der Waals surface area contributed by atoms with E-state index in [0.29, 0.717) is 12.3 Å². The Morgan fingerprint density at radius 2 is 2.08 bits per heavy atom. The number of nitrogens with one attached hydrogen (secondary N) is 2. The van der Waals surface area contributed by atoms with Crippen LogP contribution in [0, 0.1) is 6.92 Å². The van der Waals surface area contributed by atoms with Crippen molar-refractivity contribution in [2.45, 2.75) is 13.8 Å². The number of nitrogens with zero attached hydrogens (tertiary/aromatic N) is 1. The third kappa shape index (κ3) is 3.17. The van der Waals surface area contributed by atoms with Crippen LogP contribution in [-0.2, 0) is 4.74 Å². The third-order valence-corrected chi connectivity index (χ3v) is 3.69. The van der Waals surface area contributed by atoms with Gasteiger partial charge in [-0.15, -0.1) is 0 Å². The zero-order valence-electron chi connectivity index (χ0n) is 13.8.